The van der Waals surface area contributed by atoms with Gasteiger partial charge in [-0.3, -0.25) is 4.68 Å². The highest BCUT2D eigenvalue weighted by Crippen LogP contribution is 2.14. The quantitative estimate of drug-likeness (QED) is 0.855. The first-order valence-electron chi connectivity index (χ1n) is 6.99. The second kappa shape index (κ2) is 6.26. The van der Waals surface area contributed by atoms with Crippen LogP contribution in [0.5, 0.6) is 0 Å². The topological polar surface area (TPSA) is 41.9 Å². The highest BCUT2D eigenvalue weighted by molar-refractivity contribution is 7.80. The largest absolute Gasteiger partial charge is 0.358 e. The van der Waals surface area contributed by atoms with Crippen molar-refractivity contribution in [3.05, 3.63) is 46.3 Å². The van der Waals surface area contributed by atoms with E-state index in [4.69, 9.17) is 12.2 Å². The first-order chi connectivity index (χ1) is 9.88. The van der Waals surface area contributed by atoms with Gasteiger partial charge in [0.05, 0.1) is 5.69 Å². The van der Waals surface area contributed by atoms with Crippen molar-refractivity contribution in [1.82, 2.24) is 15.1 Å². The summed E-state index contributed by atoms with van der Waals surface area (Å²) in [5, 5.41) is 11.5. The summed E-state index contributed by atoms with van der Waals surface area (Å²) in [6, 6.07) is 6.23. The van der Waals surface area contributed by atoms with Gasteiger partial charge < -0.3 is 10.6 Å². The van der Waals surface area contributed by atoms with Gasteiger partial charge in [0.25, 0.3) is 0 Å². The number of aryl methyl sites for hydroxylation is 4. The minimum Gasteiger partial charge on any atom is -0.358 e. The lowest BCUT2D eigenvalue weighted by Crippen LogP contribution is -2.28. The van der Waals surface area contributed by atoms with Crippen LogP contribution in [0.3, 0.4) is 0 Å². The zero-order valence-corrected chi connectivity index (χ0v) is 14.1. The van der Waals surface area contributed by atoms with E-state index in [2.05, 4.69) is 48.6 Å². The molecule has 2 rings (SSSR count). The van der Waals surface area contributed by atoms with Crippen LogP contribution in [0.4, 0.5) is 5.69 Å². The number of hydrogen-bond acceptors (Lipinski definition) is 2. The van der Waals surface area contributed by atoms with Gasteiger partial charge in [-0.2, -0.15) is 5.10 Å². The third kappa shape index (κ3) is 3.61. The van der Waals surface area contributed by atoms with Crippen LogP contribution in [0.15, 0.2) is 18.2 Å². The molecule has 0 atom stereocenters. The fraction of sp³-hybridized carbons (Fsp3) is 0.375. The lowest BCUT2D eigenvalue weighted by Gasteiger charge is -2.12. The van der Waals surface area contributed by atoms with Crippen molar-refractivity contribution in [2.24, 2.45) is 7.05 Å². The molecule has 0 spiro atoms. The normalized spacial score (nSPS) is 10.5. The lowest BCUT2D eigenvalue weighted by atomic mass is 10.1. The summed E-state index contributed by atoms with van der Waals surface area (Å²) in [5.41, 5.74) is 6.94. The minimum atomic E-state index is 0.626. The van der Waals surface area contributed by atoms with Gasteiger partial charge in [0.2, 0.25) is 0 Å². The fourth-order valence-corrected chi connectivity index (χ4v) is 2.43. The molecule has 0 saturated heterocycles. The van der Waals surface area contributed by atoms with Gasteiger partial charge in [-0.1, -0.05) is 6.07 Å². The number of anilines is 1. The first kappa shape index (κ1) is 15.5. The molecule has 0 radical (unpaired) electrons. The maximum atomic E-state index is 5.36. The Morgan fingerprint density at radius 1 is 1.19 bits per heavy atom. The predicted molar refractivity (Wildman–Crippen MR) is 91.7 cm³/mol. The Morgan fingerprint density at radius 2 is 1.90 bits per heavy atom. The van der Waals surface area contributed by atoms with Crippen LogP contribution in [-0.2, 0) is 13.6 Å². The molecule has 2 N–H and O–H groups in total. The number of hydrogen-bond donors (Lipinski definition) is 2. The molecule has 0 amide bonds. The van der Waals surface area contributed by atoms with Crippen LogP contribution in [0.1, 0.15) is 28.1 Å². The molecular formula is C16H22N4S. The zero-order chi connectivity index (χ0) is 15.6. The van der Waals surface area contributed by atoms with Crippen LogP contribution in [0.2, 0.25) is 0 Å². The van der Waals surface area contributed by atoms with Crippen LogP contribution in [0.25, 0.3) is 0 Å². The van der Waals surface area contributed by atoms with Crippen molar-refractivity contribution in [2.75, 3.05) is 5.32 Å². The Bertz CT molecular complexity index is 673. The molecule has 21 heavy (non-hydrogen) atoms. The highest BCUT2D eigenvalue weighted by atomic mass is 32.1. The zero-order valence-electron chi connectivity index (χ0n) is 13.2. The molecule has 1 aromatic carbocycles. The summed E-state index contributed by atoms with van der Waals surface area (Å²) in [7, 11) is 1.96. The summed E-state index contributed by atoms with van der Waals surface area (Å²) in [5.74, 6) is 0. The summed E-state index contributed by atoms with van der Waals surface area (Å²) in [4.78, 5) is 0. The second-order valence-corrected chi connectivity index (χ2v) is 5.79. The van der Waals surface area contributed by atoms with Crippen LogP contribution in [0, 0.1) is 27.7 Å². The molecule has 0 saturated carbocycles. The molecule has 0 fully saturated rings. The molecule has 5 heteroatoms. The van der Waals surface area contributed by atoms with Crippen LogP contribution in [-0.4, -0.2) is 14.9 Å². The number of aromatic nitrogens is 2. The second-order valence-electron chi connectivity index (χ2n) is 5.38. The van der Waals surface area contributed by atoms with Crippen molar-refractivity contribution in [3.8, 4) is 0 Å². The molecule has 112 valence electrons. The minimum absolute atomic E-state index is 0.626. The van der Waals surface area contributed by atoms with E-state index in [1.54, 1.807) is 0 Å². The van der Waals surface area contributed by atoms with E-state index in [-0.39, 0.29) is 0 Å². The van der Waals surface area contributed by atoms with Gasteiger partial charge in [0.15, 0.2) is 5.11 Å². The Kier molecular flexibility index (Phi) is 4.63. The number of nitrogens with zero attached hydrogens (tertiary/aromatic N) is 2. The summed E-state index contributed by atoms with van der Waals surface area (Å²) in [6.07, 6.45) is 0. The average Bonchev–Trinajstić information content (AvgIpc) is 2.66. The fourth-order valence-electron chi connectivity index (χ4n) is 2.24. The smallest absolute Gasteiger partial charge is 0.171 e. The van der Waals surface area contributed by atoms with Crippen molar-refractivity contribution >= 4 is 23.0 Å². The van der Waals surface area contributed by atoms with E-state index < -0.39 is 0 Å². The van der Waals surface area contributed by atoms with Crippen molar-refractivity contribution in [1.29, 1.82) is 0 Å². The molecular weight excluding hydrogens is 280 g/mol. The molecule has 1 heterocycles. The van der Waals surface area contributed by atoms with Crippen LogP contribution < -0.4 is 10.6 Å². The Balaban J connectivity index is 1.97. The maximum Gasteiger partial charge on any atom is 0.171 e. The van der Waals surface area contributed by atoms with E-state index >= 15 is 0 Å². The summed E-state index contributed by atoms with van der Waals surface area (Å²) >= 11 is 5.36. The standard InChI is InChI=1S/C16H22N4S/c1-10-6-7-14(8-11(10)2)18-16(21)17-9-15-12(3)19-20(5)13(15)4/h6-8H,9H2,1-5H3,(H2,17,18,21). The highest BCUT2D eigenvalue weighted by Gasteiger charge is 2.09. The molecule has 0 aliphatic rings. The average molecular weight is 302 g/mol. The third-order valence-corrected chi connectivity index (χ3v) is 4.10. The van der Waals surface area contributed by atoms with Gasteiger partial charge in [-0.05, 0) is 63.2 Å². The maximum absolute atomic E-state index is 5.36. The van der Waals surface area contributed by atoms with E-state index in [0.29, 0.717) is 11.7 Å². The molecule has 0 unspecified atom stereocenters. The summed E-state index contributed by atoms with van der Waals surface area (Å²) in [6.45, 7) is 8.96. The van der Waals surface area contributed by atoms with Gasteiger partial charge in [0, 0.05) is 30.5 Å². The number of nitrogens with one attached hydrogen (secondary N) is 2. The van der Waals surface area contributed by atoms with Crippen molar-refractivity contribution in [2.45, 2.75) is 34.2 Å². The van der Waals surface area contributed by atoms with Gasteiger partial charge in [-0.15, -0.1) is 0 Å². The molecule has 0 aliphatic heterocycles. The summed E-state index contributed by atoms with van der Waals surface area (Å²) < 4.78 is 1.89. The molecule has 0 bridgehead atoms. The van der Waals surface area contributed by atoms with Crippen LogP contribution >= 0.6 is 12.2 Å². The monoisotopic (exact) mass is 302 g/mol. The van der Waals surface area contributed by atoms with Gasteiger partial charge >= 0.3 is 0 Å². The number of benzene rings is 1. The molecule has 4 nitrogen and oxygen atoms in total. The number of thiocarbonyl (C=S) groups is 1. The SMILES string of the molecule is Cc1ccc(NC(=S)NCc2c(C)nn(C)c2C)cc1C. The lowest BCUT2D eigenvalue weighted by molar-refractivity contribution is 0.729. The van der Waals surface area contributed by atoms with E-state index in [1.165, 1.54) is 16.7 Å². The van der Waals surface area contributed by atoms with Crippen molar-refractivity contribution in [3.63, 3.8) is 0 Å². The third-order valence-electron chi connectivity index (χ3n) is 3.85. The molecule has 1 aromatic heterocycles. The Morgan fingerprint density at radius 3 is 2.48 bits per heavy atom. The first-order valence-corrected chi connectivity index (χ1v) is 7.40. The van der Waals surface area contributed by atoms with Gasteiger partial charge in [-0.25, -0.2) is 0 Å². The van der Waals surface area contributed by atoms with E-state index in [0.717, 1.165) is 17.1 Å². The van der Waals surface area contributed by atoms with Crippen molar-refractivity contribution < 1.29 is 0 Å². The molecule has 0 aliphatic carbocycles. The van der Waals surface area contributed by atoms with E-state index in [1.807, 2.05) is 24.7 Å². The molecule has 2 aromatic rings. The number of rotatable bonds is 3. The van der Waals surface area contributed by atoms with Gasteiger partial charge in [0.1, 0.15) is 0 Å². The van der Waals surface area contributed by atoms with E-state index in [9.17, 15) is 0 Å². The Hall–Kier alpha value is -1.88. The predicted octanol–water partition coefficient (Wildman–Crippen LogP) is 3.14. The Labute approximate surface area is 131 Å².